The molecule has 0 aromatic heterocycles. The molecule has 0 amide bonds. The highest BCUT2D eigenvalue weighted by Crippen LogP contribution is 2.09. The van der Waals surface area contributed by atoms with Crippen molar-refractivity contribution < 1.29 is 19.0 Å². The minimum absolute atomic E-state index is 0.115. The van der Waals surface area contributed by atoms with E-state index in [1.165, 1.54) is 0 Å². The summed E-state index contributed by atoms with van der Waals surface area (Å²) in [5.41, 5.74) is 0. The first-order valence-corrected chi connectivity index (χ1v) is 4.13. The van der Waals surface area contributed by atoms with Crippen molar-refractivity contribution >= 4 is 6.16 Å². The quantitative estimate of drug-likeness (QED) is 0.592. The Bertz CT molecular complexity index is 149. The van der Waals surface area contributed by atoms with Gasteiger partial charge in [0.2, 0.25) is 0 Å². The molecule has 1 heterocycles. The summed E-state index contributed by atoms with van der Waals surface area (Å²) in [6.07, 6.45) is -0.0655. The second-order valence-corrected chi connectivity index (χ2v) is 3.02. The maximum atomic E-state index is 10.9. The lowest BCUT2D eigenvalue weighted by Gasteiger charge is -2.11. The van der Waals surface area contributed by atoms with Crippen LogP contribution in [0.2, 0.25) is 0 Å². The topological polar surface area (TPSA) is 44.8 Å². The van der Waals surface area contributed by atoms with Crippen LogP contribution in [0.4, 0.5) is 4.79 Å². The van der Waals surface area contributed by atoms with Gasteiger partial charge in [-0.15, -0.1) is 0 Å². The van der Waals surface area contributed by atoms with E-state index in [4.69, 9.17) is 14.2 Å². The molecule has 0 radical (unpaired) electrons. The van der Waals surface area contributed by atoms with Gasteiger partial charge in [0.05, 0.1) is 19.3 Å². The van der Waals surface area contributed by atoms with Gasteiger partial charge in [-0.05, 0) is 13.8 Å². The fraction of sp³-hybridized carbons (Fsp3) is 0.875. The lowest BCUT2D eigenvalue weighted by molar-refractivity contribution is 0.00436. The maximum absolute atomic E-state index is 10.9. The van der Waals surface area contributed by atoms with Crippen molar-refractivity contribution in [3.8, 4) is 0 Å². The van der Waals surface area contributed by atoms with Gasteiger partial charge in [-0.25, -0.2) is 4.79 Å². The van der Waals surface area contributed by atoms with Gasteiger partial charge < -0.3 is 14.2 Å². The van der Waals surface area contributed by atoms with E-state index in [0.29, 0.717) is 13.2 Å². The minimum atomic E-state index is -0.597. The van der Waals surface area contributed by atoms with Gasteiger partial charge in [0.25, 0.3) is 0 Å². The van der Waals surface area contributed by atoms with Gasteiger partial charge >= 0.3 is 6.16 Å². The van der Waals surface area contributed by atoms with Crippen LogP contribution in [-0.2, 0) is 14.2 Å². The van der Waals surface area contributed by atoms with Crippen molar-refractivity contribution in [1.82, 2.24) is 0 Å². The van der Waals surface area contributed by atoms with Gasteiger partial charge in [0.15, 0.2) is 0 Å². The molecule has 0 spiro atoms. The smallest absolute Gasteiger partial charge is 0.432 e. The summed E-state index contributed by atoms with van der Waals surface area (Å²) in [4.78, 5) is 10.9. The van der Waals surface area contributed by atoms with Crippen LogP contribution in [0.3, 0.4) is 0 Å². The first-order chi connectivity index (χ1) is 5.68. The number of hydrogen-bond donors (Lipinski definition) is 0. The zero-order chi connectivity index (χ0) is 8.97. The summed E-state index contributed by atoms with van der Waals surface area (Å²) in [6, 6.07) is 0. The molecule has 4 heteroatoms. The Balaban J connectivity index is 2.16. The Labute approximate surface area is 71.8 Å². The predicted octanol–water partition coefficient (Wildman–Crippen LogP) is 1.34. The first kappa shape index (κ1) is 9.32. The number of carbonyl (C=O) groups excluding carboxylic acids is 1. The monoisotopic (exact) mass is 174 g/mol. The fourth-order valence-electron chi connectivity index (χ4n) is 0.962. The molecule has 1 rings (SSSR count). The molecule has 0 aromatic rings. The normalized spacial score (nSPS) is 22.8. The average molecular weight is 174 g/mol. The third-order valence-electron chi connectivity index (χ3n) is 1.48. The van der Waals surface area contributed by atoms with E-state index in [0.717, 1.165) is 6.42 Å². The van der Waals surface area contributed by atoms with E-state index in [1.807, 2.05) is 0 Å². The Morgan fingerprint density at radius 2 is 2.33 bits per heavy atom. The predicted molar refractivity (Wildman–Crippen MR) is 41.9 cm³/mol. The molecule has 4 nitrogen and oxygen atoms in total. The standard InChI is InChI=1S/C8H14O4/c1-6(2)11-8(9)12-7-3-4-10-5-7/h6-7H,3-5H2,1-2H3. The maximum Gasteiger partial charge on any atom is 0.508 e. The van der Waals surface area contributed by atoms with Gasteiger partial charge in [0.1, 0.15) is 6.10 Å². The summed E-state index contributed by atoms with van der Waals surface area (Å²) >= 11 is 0. The van der Waals surface area contributed by atoms with Gasteiger partial charge in [-0.3, -0.25) is 0 Å². The minimum Gasteiger partial charge on any atom is -0.432 e. The third-order valence-corrected chi connectivity index (χ3v) is 1.48. The average Bonchev–Trinajstić information content (AvgIpc) is 2.37. The van der Waals surface area contributed by atoms with Crippen LogP contribution in [0.1, 0.15) is 20.3 Å². The molecule has 1 atom stereocenters. The van der Waals surface area contributed by atoms with Crippen molar-refractivity contribution in [3.05, 3.63) is 0 Å². The molecule has 0 saturated carbocycles. The molecular formula is C8H14O4. The SMILES string of the molecule is CC(C)OC(=O)OC1CCOC1. The molecule has 1 aliphatic rings. The number of rotatable bonds is 2. The largest absolute Gasteiger partial charge is 0.508 e. The van der Waals surface area contributed by atoms with Crippen LogP contribution in [-0.4, -0.2) is 31.6 Å². The van der Waals surface area contributed by atoms with Crippen LogP contribution in [0.25, 0.3) is 0 Å². The van der Waals surface area contributed by atoms with E-state index < -0.39 is 6.16 Å². The lowest BCUT2D eigenvalue weighted by Crippen LogP contribution is -2.21. The molecule has 1 aliphatic heterocycles. The fourth-order valence-corrected chi connectivity index (χ4v) is 0.962. The Kier molecular flexibility index (Phi) is 3.34. The highest BCUT2D eigenvalue weighted by molar-refractivity contribution is 5.60. The Morgan fingerprint density at radius 1 is 1.58 bits per heavy atom. The Hall–Kier alpha value is -0.770. The second-order valence-electron chi connectivity index (χ2n) is 3.02. The van der Waals surface area contributed by atoms with E-state index in [2.05, 4.69) is 0 Å². The molecule has 1 fully saturated rings. The zero-order valence-electron chi connectivity index (χ0n) is 7.41. The molecule has 0 N–H and O–H groups in total. The van der Waals surface area contributed by atoms with Crippen molar-refractivity contribution in [2.75, 3.05) is 13.2 Å². The number of hydrogen-bond acceptors (Lipinski definition) is 4. The van der Waals surface area contributed by atoms with Crippen LogP contribution in [0, 0.1) is 0 Å². The molecule has 0 bridgehead atoms. The van der Waals surface area contributed by atoms with Gasteiger partial charge in [-0.2, -0.15) is 0 Å². The zero-order valence-corrected chi connectivity index (χ0v) is 7.41. The summed E-state index contributed by atoms with van der Waals surface area (Å²) in [5, 5.41) is 0. The van der Waals surface area contributed by atoms with E-state index in [1.54, 1.807) is 13.8 Å². The van der Waals surface area contributed by atoms with Crippen LogP contribution < -0.4 is 0 Å². The molecule has 12 heavy (non-hydrogen) atoms. The molecule has 0 aromatic carbocycles. The second kappa shape index (κ2) is 4.30. The van der Waals surface area contributed by atoms with E-state index in [9.17, 15) is 4.79 Å². The lowest BCUT2D eigenvalue weighted by atomic mass is 10.3. The number of carbonyl (C=O) groups is 1. The first-order valence-electron chi connectivity index (χ1n) is 4.13. The summed E-state index contributed by atoms with van der Waals surface area (Å²) in [5.74, 6) is 0. The summed E-state index contributed by atoms with van der Waals surface area (Å²) in [6.45, 7) is 4.73. The van der Waals surface area contributed by atoms with E-state index >= 15 is 0 Å². The molecule has 1 saturated heterocycles. The Morgan fingerprint density at radius 3 is 2.83 bits per heavy atom. The van der Waals surface area contributed by atoms with Crippen molar-refractivity contribution in [2.45, 2.75) is 32.5 Å². The molecule has 1 unspecified atom stereocenters. The van der Waals surface area contributed by atoms with Crippen molar-refractivity contribution in [3.63, 3.8) is 0 Å². The van der Waals surface area contributed by atoms with Gasteiger partial charge in [-0.1, -0.05) is 0 Å². The third kappa shape index (κ3) is 3.09. The molecule has 70 valence electrons. The summed E-state index contributed by atoms with van der Waals surface area (Å²) < 4.78 is 14.8. The van der Waals surface area contributed by atoms with Crippen molar-refractivity contribution in [2.24, 2.45) is 0 Å². The molecular weight excluding hydrogens is 160 g/mol. The molecule has 0 aliphatic carbocycles. The van der Waals surface area contributed by atoms with Crippen LogP contribution in [0.5, 0.6) is 0 Å². The summed E-state index contributed by atoms with van der Waals surface area (Å²) in [7, 11) is 0. The highest BCUT2D eigenvalue weighted by Gasteiger charge is 2.20. The van der Waals surface area contributed by atoms with Gasteiger partial charge in [0, 0.05) is 6.42 Å². The number of ether oxygens (including phenoxy) is 3. The van der Waals surface area contributed by atoms with Crippen LogP contribution in [0.15, 0.2) is 0 Å². The van der Waals surface area contributed by atoms with Crippen molar-refractivity contribution in [1.29, 1.82) is 0 Å². The van der Waals surface area contributed by atoms with Crippen LogP contribution >= 0.6 is 0 Å². The van der Waals surface area contributed by atoms with E-state index in [-0.39, 0.29) is 12.2 Å². The highest BCUT2D eigenvalue weighted by atomic mass is 16.7.